The lowest BCUT2D eigenvalue weighted by Crippen LogP contribution is -2.46. The van der Waals surface area contributed by atoms with E-state index in [0.717, 1.165) is 0 Å². The van der Waals surface area contributed by atoms with Gasteiger partial charge < -0.3 is 35.1 Å². The fourth-order valence-electron chi connectivity index (χ4n) is 1.45. The van der Waals surface area contributed by atoms with Crippen molar-refractivity contribution in [2.75, 3.05) is 6.61 Å². The summed E-state index contributed by atoms with van der Waals surface area (Å²) in [4.78, 5) is 21.8. The molecule has 21 heavy (non-hydrogen) atoms. The van der Waals surface area contributed by atoms with Crippen LogP contribution < -0.4 is 0 Å². The molecule has 0 aliphatic heterocycles. The van der Waals surface area contributed by atoms with Gasteiger partial charge in [-0.2, -0.15) is 0 Å². The van der Waals surface area contributed by atoms with Gasteiger partial charge in [-0.15, -0.1) is 0 Å². The number of aliphatic hydroxyl groups is 4. The van der Waals surface area contributed by atoms with Crippen molar-refractivity contribution in [3.05, 3.63) is 29.8 Å². The Morgan fingerprint density at radius 1 is 1.10 bits per heavy atom. The molecule has 0 amide bonds. The van der Waals surface area contributed by atoms with Crippen molar-refractivity contribution in [1.82, 2.24) is 0 Å². The van der Waals surface area contributed by atoms with E-state index in [2.05, 4.69) is 0 Å². The molecule has 0 saturated carbocycles. The van der Waals surface area contributed by atoms with Crippen molar-refractivity contribution in [1.29, 1.82) is 0 Å². The van der Waals surface area contributed by atoms with Gasteiger partial charge in [-0.05, 0) is 24.3 Å². The van der Waals surface area contributed by atoms with Gasteiger partial charge in [0.2, 0.25) is 0 Å². The van der Waals surface area contributed by atoms with Gasteiger partial charge in [0, 0.05) is 0 Å². The van der Waals surface area contributed by atoms with Gasteiger partial charge in [0.25, 0.3) is 0 Å². The molecular formula is C13H16O8. The lowest BCUT2D eigenvalue weighted by Gasteiger charge is -2.23. The molecule has 1 aromatic carbocycles. The number of esters is 1. The highest BCUT2D eigenvalue weighted by Gasteiger charge is 2.30. The zero-order valence-corrected chi connectivity index (χ0v) is 10.9. The first-order valence-corrected chi connectivity index (χ1v) is 6.00. The molecule has 0 fully saturated rings. The Hall–Kier alpha value is -2.00. The molecule has 0 radical (unpaired) electrons. The molecule has 0 spiro atoms. The second-order valence-corrected chi connectivity index (χ2v) is 4.32. The predicted octanol–water partition coefficient (Wildman–Crippen LogP) is -1.81. The molecule has 5 N–H and O–H groups in total. The van der Waals surface area contributed by atoms with Crippen molar-refractivity contribution < 1.29 is 39.9 Å². The maximum absolute atomic E-state index is 11.6. The zero-order valence-electron chi connectivity index (χ0n) is 10.9. The molecule has 8 heteroatoms. The molecule has 0 heterocycles. The Morgan fingerprint density at radius 2 is 1.67 bits per heavy atom. The molecule has 1 rings (SSSR count). The van der Waals surface area contributed by atoms with Gasteiger partial charge in [0.15, 0.2) is 6.29 Å². The van der Waals surface area contributed by atoms with E-state index in [1.54, 1.807) is 0 Å². The highest BCUT2D eigenvalue weighted by Crippen LogP contribution is 2.11. The molecule has 1 aromatic rings. The molecule has 0 saturated heterocycles. The second-order valence-electron chi connectivity index (χ2n) is 4.32. The normalized spacial score (nSPS) is 16.6. The second kappa shape index (κ2) is 7.70. The summed E-state index contributed by atoms with van der Waals surface area (Å²) in [6.45, 7) is -0.649. The fourth-order valence-corrected chi connectivity index (χ4v) is 1.45. The summed E-state index contributed by atoms with van der Waals surface area (Å²) >= 11 is 0. The van der Waals surface area contributed by atoms with E-state index in [-0.39, 0.29) is 17.6 Å². The van der Waals surface area contributed by atoms with Crippen LogP contribution in [0.2, 0.25) is 0 Å². The number of hydrogen-bond acceptors (Lipinski definition) is 8. The lowest BCUT2D eigenvalue weighted by molar-refractivity contribution is -0.136. The van der Waals surface area contributed by atoms with E-state index in [9.17, 15) is 24.9 Å². The van der Waals surface area contributed by atoms with Crippen molar-refractivity contribution >= 4 is 12.3 Å². The van der Waals surface area contributed by atoms with Crippen molar-refractivity contribution in [2.45, 2.75) is 24.4 Å². The first-order valence-electron chi connectivity index (χ1n) is 6.00. The Kier molecular flexibility index (Phi) is 6.25. The summed E-state index contributed by atoms with van der Waals surface area (Å²) in [5, 5.41) is 46.4. The molecule has 116 valence electrons. The van der Waals surface area contributed by atoms with E-state index in [1.165, 1.54) is 24.3 Å². The van der Waals surface area contributed by atoms with Crippen LogP contribution in [0.1, 0.15) is 10.4 Å². The SMILES string of the molecule is O=CC(O)C(O)C(O)C(O)COC(=O)c1ccc(O)cc1. The molecule has 8 nitrogen and oxygen atoms in total. The summed E-state index contributed by atoms with van der Waals surface area (Å²) < 4.78 is 4.70. The van der Waals surface area contributed by atoms with Gasteiger partial charge >= 0.3 is 5.97 Å². The number of aromatic hydroxyl groups is 1. The maximum atomic E-state index is 11.6. The van der Waals surface area contributed by atoms with Crippen LogP contribution in [0.15, 0.2) is 24.3 Å². The number of aliphatic hydroxyl groups excluding tert-OH is 4. The third kappa shape index (κ3) is 4.80. The van der Waals surface area contributed by atoms with Gasteiger partial charge in [-0.3, -0.25) is 0 Å². The summed E-state index contributed by atoms with van der Waals surface area (Å²) in [5.74, 6) is -0.848. The largest absolute Gasteiger partial charge is 0.508 e. The standard InChI is InChI=1S/C13H16O8/c14-5-9(16)11(18)12(19)10(17)6-21-13(20)7-1-3-8(15)4-2-7/h1-5,9-12,15-19H,6H2. The number of aldehydes is 1. The van der Waals surface area contributed by atoms with E-state index >= 15 is 0 Å². The smallest absolute Gasteiger partial charge is 0.338 e. The summed E-state index contributed by atoms with van der Waals surface area (Å²) in [6.07, 6.45) is -7.30. The molecule has 0 bridgehead atoms. The first kappa shape index (κ1) is 17.1. The number of rotatable bonds is 7. The zero-order chi connectivity index (χ0) is 16.0. The van der Waals surface area contributed by atoms with Crippen LogP contribution in [-0.2, 0) is 9.53 Å². The van der Waals surface area contributed by atoms with Crippen LogP contribution >= 0.6 is 0 Å². The average Bonchev–Trinajstić information content (AvgIpc) is 2.50. The van der Waals surface area contributed by atoms with Crippen LogP contribution in [0.5, 0.6) is 5.75 Å². The van der Waals surface area contributed by atoms with E-state index in [4.69, 9.17) is 14.9 Å². The minimum atomic E-state index is -1.90. The number of ether oxygens (including phenoxy) is 1. The molecule has 0 aliphatic carbocycles. The highest BCUT2D eigenvalue weighted by atomic mass is 16.5. The molecule has 4 unspecified atom stereocenters. The van der Waals surface area contributed by atoms with Crippen LogP contribution in [0.3, 0.4) is 0 Å². The van der Waals surface area contributed by atoms with E-state index < -0.39 is 37.0 Å². The molecular weight excluding hydrogens is 284 g/mol. The van der Waals surface area contributed by atoms with Crippen LogP contribution in [0.4, 0.5) is 0 Å². The summed E-state index contributed by atoms with van der Waals surface area (Å²) in [5.41, 5.74) is 0.114. The van der Waals surface area contributed by atoms with Gasteiger partial charge in [-0.25, -0.2) is 4.79 Å². The van der Waals surface area contributed by atoms with Gasteiger partial charge in [0.05, 0.1) is 5.56 Å². The highest BCUT2D eigenvalue weighted by molar-refractivity contribution is 5.89. The third-order valence-electron chi connectivity index (χ3n) is 2.72. The van der Waals surface area contributed by atoms with E-state index in [0.29, 0.717) is 0 Å². The monoisotopic (exact) mass is 300 g/mol. The Labute approximate surface area is 119 Å². The summed E-state index contributed by atoms with van der Waals surface area (Å²) in [7, 11) is 0. The number of phenols is 1. The topological polar surface area (TPSA) is 145 Å². The van der Waals surface area contributed by atoms with Crippen LogP contribution in [-0.4, -0.2) is 68.8 Å². The van der Waals surface area contributed by atoms with Crippen LogP contribution in [0, 0.1) is 0 Å². The Bertz CT molecular complexity index is 472. The predicted molar refractivity (Wildman–Crippen MR) is 68.5 cm³/mol. The van der Waals surface area contributed by atoms with Crippen molar-refractivity contribution in [2.24, 2.45) is 0 Å². The molecule has 0 aromatic heterocycles. The molecule has 0 aliphatic rings. The first-order chi connectivity index (χ1) is 9.86. The molecule has 4 atom stereocenters. The number of carbonyl (C=O) groups excluding carboxylic acids is 2. The Balaban J connectivity index is 2.52. The maximum Gasteiger partial charge on any atom is 0.338 e. The minimum Gasteiger partial charge on any atom is -0.508 e. The van der Waals surface area contributed by atoms with Crippen molar-refractivity contribution in [3.8, 4) is 5.75 Å². The number of phenolic OH excluding ortho intramolecular Hbond substituents is 1. The third-order valence-corrected chi connectivity index (χ3v) is 2.72. The van der Waals surface area contributed by atoms with Crippen LogP contribution in [0.25, 0.3) is 0 Å². The van der Waals surface area contributed by atoms with Crippen molar-refractivity contribution in [3.63, 3.8) is 0 Å². The van der Waals surface area contributed by atoms with Gasteiger partial charge in [0.1, 0.15) is 36.8 Å². The minimum absolute atomic E-state index is 0.00304. The average molecular weight is 300 g/mol. The number of hydrogen-bond donors (Lipinski definition) is 5. The Morgan fingerprint density at radius 3 is 2.19 bits per heavy atom. The van der Waals surface area contributed by atoms with E-state index in [1.807, 2.05) is 0 Å². The number of benzene rings is 1. The fraction of sp³-hybridized carbons (Fsp3) is 0.385. The number of carbonyl (C=O) groups is 2. The summed E-state index contributed by atoms with van der Waals surface area (Å²) in [6, 6.07) is 5.13. The lowest BCUT2D eigenvalue weighted by atomic mass is 10.0. The quantitative estimate of drug-likeness (QED) is 0.293. The van der Waals surface area contributed by atoms with Gasteiger partial charge in [-0.1, -0.05) is 0 Å².